The van der Waals surface area contributed by atoms with Crippen molar-refractivity contribution in [3.63, 3.8) is 0 Å². The second-order valence-electron chi connectivity index (χ2n) is 6.68. The molecule has 0 bridgehead atoms. The maximum atomic E-state index is 12.8. The van der Waals surface area contributed by atoms with Crippen molar-refractivity contribution in [3.8, 4) is 5.75 Å². The third-order valence-electron chi connectivity index (χ3n) is 5.38. The second-order valence-corrected chi connectivity index (χ2v) is 6.68. The predicted molar refractivity (Wildman–Crippen MR) is 88.8 cm³/mol. The fourth-order valence-electron chi connectivity index (χ4n) is 4.04. The van der Waals surface area contributed by atoms with Gasteiger partial charge in [0.25, 0.3) is 0 Å². The van der Waals surface area contributed by atoms with Gasteiger partial charge in [0.2, 0.25) is 5.91 Å². The molecular weight excluding hydrogens is 310 g/mol. The summed E-state index contributed by atoms with van der Waals surface area (Å²) in [5, 5.41) is 17.4. The fraction of sp³-hybridized carbons (Fsp3) is 0.588. The van der Waals surface area contributed by atoms with E-state index in [2.05, 4.69) is 10.6 Å². The van der Waals surface area contributed by atoms with Crippen LogP contribution in [0.4, 0.5) is 5.69 Å². The van der Waals surface area contributed by atoms with Gasteiger partial charge >= 0.3 is 5.69 Å². The molecule has 3 rings (SSSR count). The number of carbonyl (C=O) groups excluding carboxylic acids is 1. The zero-order chi connectivity index (χ0) is 17.2. The van der Waals surface area contributed by atoms with Crippen LogP contribution in [0.3, 0.4) is 0 Å². The van der Waals surface area contributed by atoms with E-state index in [4.69, 9.17) is 4.74 Å². The summed E-state index contributed by atoms with van der Waals surface area (Å²) in [7, 11) is 1.40. The van der Waals surface area contributed by atoms with E-state index in [1.165, 1.54) is 19.6 Å². The lowest BCUT2D eigenvalue weighted by atomic mass is 9.67. The second kappa shape index (κ2) is 6.76. The van der Waals surface area contributed by atoms with Crippen LogP contribution in [0.25, 0.3) is 0 Å². The summed E-state index contributed by atoms with van der Waals surface area (Å²) < 4.78 is 5.00. The van der Waals surface area contributed by atoms with Gasteiger partial charge < -0.3 is 15.4 Å². The van der Waals surface area contributed by atoms with Crippen LogP contribution in [0.5, 0.6) is 5.75 Å². The molecule has 24 heavy (non-hydrogen) atoms. The van der Waals surface area contributed by atoms with Crippen molar-refractivity contribution in [2.45, 2.75) is 32.2 Å². The molecule has 1 aromatic rings. The Morgan fingerprint density at radius 1 is 1.50 bits per heavy atom. The number of hydrogen-bond donors (Lipinski definition) is 2. The molecule has 0 spiro atoms. The number of amides is 1. The van der Waals surface area contributed by atoms with Gasteiger partial charge in [-0.25, -0.2) is 0 Å². The molecular formula is C17H23N3O4. The van der Waals surface area contributed by atoms with Crippen LogP contribution in [-0.2, 0) is 11.3 Å². The Balaban J connectivity index is 1.70. The fourth-order valence-corrected chi connectivity index (χ4v) is 4.04. The van der Waals surface area contributed by atoms with Gasteiger partial charge in [0.15, 0.2) is 5.75 Å². The van der Waals surface area contributed by atoms with Gasteiger partial charge in [-0.05, 0) is 36.9 Å². The Morgan fingerprint density at radius 3 is 3.08 bits per heavy atom. The van der Waals surface area contributed by atoms with E-state index < -0.39 is 4.92 Å². The smallest absolute Gasteiger partial charge is 0.311 e. The van der Waals surface area contributed by atoms with Crippen molar-refractivity contribution in [1.29, 1.82) is 0 Å². The Morgan fingerprint density at radius 2 is 2.33 bits per heavy atom. The standard InChI is InChI=1S/C17H23N3O4/c1-24-15-6-5-12(8-14(15)20(22)23)9-19-16(21)17-7-3-2-4-13(17)10-18-11-17/h5-6,8,13,18H,2-4,7,9-11H2,1H3,(H,19,21)/t13-,17+/m0/s1. The van der Waals surface area contributed by atoms with E-state index in [-0.39, 0.29) is 29.3 Å². The first-order valence-corrected chi connectivity index (χ1v) is 8.37. The lowest BCUT2D eigenvalue weighted by molar-refractivity contribution is -0.385. The third-order valence-corrected chi connectivity index (χ3v) is 5.38. The van der Waals surface area contributed by atoms with Gasteiger partial charge in [-0.15, -0.1) is 0 Å². The molecule has 1 aliphatic carbocycles. The molecule has 1 aromatic carbocycles. The maximum absolute atomic E-state index is 12.8. The molecule has 1 aliphatic heterocycles. The molecule has 2 fully saturated rings. The van der Waals surface area contributed by atoms with Crippen LogP contribution in [0, 0.1) is 21.4 Å². The molecule has 0 radical (unpaired) electrons. The van der Waals surface area contributed by atoms with Crippen molar-refractivity contribution in [1.82, 2.24) is 10.6 Å². The summed E-state index contributed by atoms with van der Waals surface area (Å²) in [5.41, 5.74) is 0.308. The molecule has 2 aliphatic rings. The van der Waals surface area contributed by atoms with Crippen LogP contribution in [0.1, 0.15) is 31.2 Å². The summed E-state index contributed by atoms with van der Waals surface area (Å²) in [6, 6.07) is 4.77. The highest BCUT2D eigenvalue weighted by Gasteiger charge is 2.49. The first-order chi connectivity index (χ1) is 11.6. The Kier molecular flexibility index (Phi) is 4.71. The zero-order valence-corrected chi connectivity index (χ0v) is 13.8. The number of ether oxygens (including phenoxy) is 1. The number of nitro groups is 1. The SMILES string of the molecule is COc1ccc(CNC(=O)[C@@]23CCCC[C@H]2CNC3)cc1[N+](=O)[O-]. The summed E-state index contributed by atoms with van der Waals surface area (Å²) in [5.74, 6) is 0.688. The highest BCUT2D eigenvalue weighted by atomic mass is 16.6. The van der Waals surface area contributed by atoms with Gasteiger partial charge in [-0.1, -0.05) is 18.9 Å². The van der Waals surface area contributed by atoms with Crippen molar-refractivity contribution in [3.05, 3.63) is 33.9 Å². The first-order valence-electron chi connectivity index (χ1n) is 8.37. The maximum Gasteiger partial charge on any atom is 0.311 e. The number of nitrogens with one attached hydrogen (secondary N) is 2. The lowest BCUT2D eigenvalue weighted by Crippen LogP contribution is -2.47. The highest BCUT2D eigenvalue weighted by molar-refractivity contribution is 5.84. The molecule has 1 saturated carbocycles. The Labute approximate surface area is 140 Å². The number of benzene rings is 1. The number of nitrogens with zero attached hydrogens (tertiary/aromatic N) is 1. The number of fused-ring (bicyclic) bond motifs is 1. The van der Waals surface area contributed by atoms with E-state index in [1.54, 1.807) is 12.1 Å². The number of nitro benzene ring substituents is 1. The van der Waals surface area contributed by atoms with Gasteiger partial charge in [0.05, 0.1) is 17.4 Å². The minimum Gasteiger partial charge on any atom is -0.490 e. The largest absolute Gasteiger partial charge is 0.490 e. The molecule has 130 valence electrons. The zero-order valence-electron chi connectivity index (χ0n) is 13.8. The van der Waals surface area contributed by atoms with Gasteiger partial charge in [0, 0.05) is 19.2 Å². The molecule has 7 nitrogen and oxygen atoms in total. The topological polar surface area (TPSA) is 93.5 Å². The normalized spacial score (nSPS) is 25.8. The average Bonchev–Trinajstić information content (AvgIpc) is 3.04. The summed E-state index contributed by atoms with van der Waals surface area (Å²) >= 11 is 0. The molecule has 0 unspecified atom stereocenters. The molecule has 1 heterocycles. The number of methoxy groups -OCH3 is 1. The van der Waals surface area contributed by atoms with Crippen molar-refractivity contribution >= 4 is 11.6 Å². The third kappa shape index (κ3) is 2.96. The first kappa shape index (κ1) is 16.7. The van der Waals surface area contributed by atoms with E-state index >= 15 is 0 Å². The lowest BCUT2D eigenvalue weighted by Gasteiger charge is -2.37. The van der Waals surface area contributed by atoms with Crippen LogP contribution < -0.4 is 15.4 Å². The molecule has 0 aromatic heterocycles. The average molecular weight is 333 g/mol. The van der Waals surface area contributed by atoms with Crippen LogP contribution in [-0.4, -0.2) is 31.0 Å². The minimum absolute atomic E-state index is 0.0654. The van der Waals surface area contributed by atoms with E-state index in [0.29, 0.717) is 11.5 Å². The molecule has 2 atom stereocenters. The Hall–Kier alpha value is -2.15. The van der Waals surface area contributed by atoms with Crippen molar-refractivity contribution in [2.24, 2.45) is 11.3 Å². The van der Waals surface area contributed by atoms with Gasteiger partial charge in [-0.2, -0.15) is 0 Å². The van der Waals surface area contributed by atoms with E-state index in [1.807, 2.05) is 0 Å². The summed E-state index contributed by atoms with van der Waals surface area (Å²) in [6.07, 6.45) is 4.28. The highest BCUT2D eigenvalue weighted by Crippen LogP contribution is 2.44. The quantitative estimate of drug-likeness (QED) is 0.635. The van der Waals surface area contributed by atoms with Crippen molar-refractivity contribution in [2.75, 3.05) is 20.2 Å². The van der Waals surface area contributed by atoms with E-state index in [9.17, 15) is 14.9 Å². The Bertz CT molecular complexity index is 649. The molecule has 7 heteroatoms. The predicted octanol–water partition coefficient (Wildman–Crippen LogP) is 2.00. The molecule has 1 saturated heterocycles. The van der Waals surface area contributed by atoms with Crippen LogP contribution in [0.15, 0.2) is 18.2 Å². The molecule has 2 N–H and O–H groups in total. The summed E-state index contributed by atoms with van der Waals surface area (Å²) in [4.78, 5) is 23.4. The monoisotopic (exact) mass is 333 g/mol. The van der Waals surface area contributed by atoms with E-state index in [0.717, 1.165) is 32.4 Å². The minimum atomic E-state index is -0.471. The number of rotatable bonds is 5. The van der Waals surface area contributed by atoms with Gasteiger partial charge in [0.1, 0.15) is 0 Å². The van der Waals surface area contributed by atoms with Crippen molar-refractivity contribution < 1.29 is 14.5 Å². The summed E-state index contributed by atoms with van der Waals surface area (Å²) in [6.45, 7) is 1.92. The van der Waals surface area contributed by atoms with Crippen LogP contribution in [0.2, 0.25) is 0 Å². The molecule has 1 amide bonds. The number of hydrogen-bond acceptors (Lipinski definition) is 5. The van der Waals surface area contributed by atoms with Crippen LogP contribution >= 0.6 is 0 Å². The number of carbonyl (C=O) groups is 1. The van der Waals surface area contributed by atoms with Gasteiger partial charge in [-0.3, -0.25) is 14.9 Å².